The summed E-state index contributed by atoms with van der Waals surface area (Å²) in [6.45, 7) is 0.314. The molecule has 0 N–H and O–H groups in total. The molecule has 106 valence electrons. The summed E-state index contributed by atoms with van der Waals surface area (Å²) in [7, 11) is 0. The van der Waals surface area contributed by atoms with E-state index in [1.807, 2.05) is 36.4 Å². The minimum atomic E-state index is 0.314. The molecule has 5 heteroatoms. The molecule has 1 heterocycles. The molecule has 21 heavy (non-hydrogen) atoms. The van der Waals surface area contributed by atoms with Crippen molar-refractivity contribution in [1.82, 2.24) is 4.98 Å². The largest absolute Gasteiger partial charge is 0.488 e. The third-order valence-corrected chi connectivity index (χ3v) is 3.97. The summed E-state index contributed by atoms with van der Waals surface area (Å²) in [5, 5.41) is 3.32. The molecule has 0 aliphatic carbocycles. The van der Waals surface area contributed by atoms with E-state index in [2.05, 4.69) is 4.98 Å². The fourth-order valence-corrected chi connectivity index (χ4v) is 2.69. The van der Waals surface area contributed by atoms with Gasteiger partial charge in [0.2, 0.25) is 0 Å². The number of hydrogen-bond acceptors (Lipinski definition) is 2. The van der Waals surface area contributed by atoms with Crippen LogP contribution in [0.2, 0.25) is 15.3 Å². The Labute approximate surface area is 137 Å². The summed E-state index contributed by atoms with van der Waals surface area (Å²) >= 11 is 18.0. The van der Waals surface area contributed by atoms with Crippen molar-refractivity contribution >= 4 is 45.6 Å². The average Bonchev–Trinajstić information content (AvgIpc) is 2.48. The van der Waals surface area contributed by atoms with Crippen molar-refractivity contribution in [3.8, 4) is 5.75 Å². The molecule has 0 saturated carbocycles. The molecule has 2 nitrogen and oxygen atoms in total. The fourth-order valence-electron chi connectivity index (χ4n) is 2.06. The Balaban J connectivity index is 1.90. The zero-order chi connectivity index (χ0) is 14.8. The van der Waals surface area contributed by atoms with Gasteiger partial charge in [0.15, 0.2) is 0 Å². The normalized spacial score (nSPS) is 10.8. The molecule has 0 radical (unpaired) electrons. The van der Waals surface area contributed by atoms with Gasteiger partial charge in [-0.15, -0.1) is 0 Å². The number of benzene rings is 2. The van der Waals surface area contributed by atoms with Crippen molar-refractivity contribution < 1.29 is 4.74 Å². The van der Waals surface area contributed by atoms with Gasteiger partial charge in [0.25, 0.3) is 0 Å². The maximum absolute atomic E-state index is 6.19. The molecule has 2 aromatic carbocycles. The molecule has 0 unspecified atom stereocenters. The van der Waals surface area contributed by atoms with Crippen LogP contribution in [0.4, 0.5) is 0 Å². The number of ether oxygens (including phenoxy) is 1. The van der Waals surface area contributed by atoms with Crippen LogP contribution in [0.25, 0.3) is 10.8 Å². The van der Waals surface area contributed by atoms with E-state index in [-0.39, 0.29) is 0 Å². The van der Waals surface area contributed by atoms with Gasteiger partial charge in [-0.1, -0.05) is 59.1 Å². The summed E-state index contributed by atoms with van der Waals surface area (Å²) in [6, 6.07) is 15.0. The second-order valence-electron chi connectivity index (χ2n) is 4.46. The first kappa shape index (κ1) is 14.5. The number of halogens is 3. The second kappa shape index (κ2) is 6.10. The molecular formula is C16H10Cl3NO. The van der Waals surface area contributed by atoms with Crippen molar-refractivity contribution in [2.45, 2.75) is 6.61 Å². The molecule has 0 aliphatic heterocycles. The fraction of sp³-hybridized carbons (Fsp3) is 0.0625. The molecule has 0 aliphatic rings. The number of rotatable bonds is 3. The SMILES string of the molecule is Clc1ccc(COc2ccc(Cl)c3ccccc23)c(Cl)n1. The maximum atomic E-state index is 6.19. The lowest BCUT2D eigenvalue weighted by molar-refractivity contribution is 0.309. The van der Waals surface area contributed by atoms with E-state index in [1.165, 1.54) is 0 Å². The third kappa shape index (κ3) is 3.08. The second-order valence-corrected chi connectivity index (χ2v) is 5.62. The highest BCUT2D eigenvalue weighted by Gasteiger charge is 2.08. The Bertz CT molecular complexity index is 805. The van der Waals surface area contributed by atoms with Crippen molar-refractivity contribution in [1.29, 1.82) is 0 Å². The van der Waals surface area contributed by atoms with Crippen LogP contribution in [0.3, 0.4) is 0 Å². The lowest BCUT2D eigenvalue weighted by atomic mass is 10.1. The summed E-state index contributed by atoms with van der Waals surface area (Å²) < 4.78 is 5.85. The number of pyridine rings is 1. The molecule has 0 atom stereocenters. The Morgan fingerprint density at radius 1 is 0.857 bits per heavy atom. The predicted molar refractivity (Wildman–Crippen MR) is 87.5 cm³/mol. The quantitative estimate of drug-likeness (QED) is 0.565. The summed E-state index contributed by atoms with van der Waals surface area (Å²) in [6.07, 6.45) is 0. The van der Waals surface area contributed by atoms with Crippen LogP contribution in [-0.4, -0.2) is 4.98 Å². The Kier molecular flexibility index (Phi) is 4.20. The first-order valence-electron chi connectivity index (χ1n) is 6.26. The highest BCUT2D eigenvalue weighted by Crippen LogP contribution is 2.32. The Hall–Kier alpha value is -1.48. The smallest absolute Gasteiger partial charge is 0.137 e. The zero-order valence-electron chi connectivity index (χ0n) is 10.8. The molecule has 0 fully saturated rings. The van der Waals surface area contributed by atoms with E-state index in [0.717, 1.165) is 22.1 Å². The molecule has 0 saturated heterocycles. The minimum Gasteiger partial charge on any atom is -0.488 e. The Morgan fingerprint density at radius 2 is 1.62 bits per heavy atom. The van der Waals surface area contributed by atoms with Crippen LogP contribution in [-0.2, 0) is 6.61 Å². The van der Waals surface area contributed by atoms with Crippen molar-refractivity contribution in [3.63, 3.8) is 0 Å². The highest BCUT2D eigenvalue weighted by molar-refractivity contribution is 6.35. The molecule has 0 amide bonds. The van der Waals surface area contributed by atoms with Crippen LogP contribution in [0.15, 0.2) is 48.5 Å². The lowest BCUT2D eigenvalue weighted by Gasteiger charge is -2.11. The van der Waals surface area contributed by atoms with Gasteiger partial charge in [-0.05, 0) is 24.3 Å². The topological polar surface area (TPSA) is 22.1 Å². The van der Waals surface area contributed by atoms with Gasteiger partial charge in [-0.3, -0.25) is 0 Å². The van der Waals surface area contributed by atoms with Gasteiger partial charge in [0.05, 0.1) is 0 Å². The molecule has 3 aromatic rings. The van der Waals surface area contributed by atoms with Gasteiger partial charge in [0, 0.05) is 21.4 Å². The van der Waals surface area contributed by atoms with E-state index in [4.69, 9.17) is 39.5 Å². The predicted octanol–water partition coefficient (Wildman–Crippen LogP) is 5.77. The van der Waals surface area contributed by atoms with Crippen LogP contribution in [0.1, 0.15) is 5.56 Å². The van der Waals surface area contributed by atoms with E-state index >= 15 is 0 Å². The molecule has 0 spiro atoms. The maximum Gasteiger partial charge on any atom is 0.137 e. The standard InChI is InChI=1S/C16H10Cl3NO/c17-13-6-7-14(12-4-2-1-3-11(12)13)21-9-10-5-8-15(18)20-16(10)19/h1-8H,9H2. The van der Waals surface area contributed by atoms with Gasteiger partial charge in [-0.25, -0.2) is 4.98 Å². The summed E-state index contributed by atoms with van der Waals surface area (Å²) in [4.78, 5) is 3.99. The monoisotopic (exact) mass is 337 g/mol. The first-order valence-corrected chi connectivity index (χ1v) is 7.39. The van der Waals surface area contributed by atoms with E-state index in [1.54, 1.807) is 12.1 Å². The van der Waals surface area contributed by atoms with Gasteiger partial charge in [0.1, 0.15) is 22.7 Å². The van der Waals surface area contributed by atoms with Crippen LogP contribution in [0.5, 0.6) is 5.75 Å². The average molecular weight is 339 g/mol. The van der Waals surface area contributed by atoms with E-state index in [9.17, 15) is 0 Å². The van der Waals surface area contributed by atoms with E-state index in [0.29, 0.717) is 21.9 Å². The number of nitrogens with zero attached hydrogens (tertiary/aromatic N) is 1. The van der Waals surface area contributed by atoms with Crippen molar-refractivity contribution in [2.24, 2.45) is 0 Å². The third-order valence-electron chi connectivity index (χ3n) is 3.11. The molecular weight excluding hydrogens is 329 g/mol. The van der Waals surface area contributed by atoms with Crippen molar-refractivity contribution in [2.75, 3.05) is 0 Å². The minimum absolute atomic E-state index is 0.314. The Morgan fingerprint density at radius 3 is 2.38 bits per heavy atom. The number of aromatic nitrogens is 1. The van der Waals surface area contributed by atoms with Crippen LogP contribution < -0.4 is 4.74 Å². The first-order chi connectivity index (χ1) is 10.1. The molecule has 3 rings (SSSR count). The summed E-state index contributed by atoms with van der Waals surface area (Å²) in [5.74, 6) is 0.751. The van der Waals surface area contributed by atoms with Gasteiger partial charge < -0.3 is 4.74 Å². The van der Waals surface area contributed by atoms with Crippen molar-refractivity contribution in [3.05, 3.63) is 69.4 Å². The summed E-state index contributed by atoms with van der Waals surface area (Å²) in [5.41, 5.74) is 0.778. The lowest BCUT2D eigenvalue weighted by Crippen LogP contribution is -1.98. The van der Waals surface area contributed by atoms with Crippen LogP contribution in [0, 0.1) is 0 Å². The molecule has 0 bridgehead atoms. The van der Waals surface area contributed by atoms with Gasteiger partial charge >= 0.3 is 0 Å². The zero-order valence-corrected chi connectivity index (χ0v) is 13.1. The highest BCUT2D eigenvalue weighted by atomic mass is 35.5. The molecule has 1 aromatic heterocycles. The van der Waals surface area contributed by atoms with Gasteiger partial charge in [-0.2, -0.15) is 0 Å². The number of hydrogen-bond donors (Lipinski definition) is 0. The van der Waals surface area contributed by atoms with E-state index < -0.39 is 0 Å². The number of fused-ring (bicyclic) bond motifs is 1. The van der Waals surface area contributed by atoms with Crippen LogP contribution >= 0.6 is 34.8 Å².